The highest BCUT2D eigenvalue weighted by Gasteiger charge is 1.93. The molecule has 0 aromatic heterocycles. The lowest BCUT2D eigenvalue weighted by molar-refractivity contribution is 1.10. The maximum Gasteiger partial charge on any atom is -0.0305 e. The van der Waals surface area contributed by atoms with Crippen LogP contribution in [0.5, 0.6) is 0 Å². The van der Waals surface area contributed by atoms with Crippen molar-refractivity contribution in [1.82, 2.24) is 0 Å². The highest BCUT2D eigenvalue weighted by molar-refractivity contribution is 5.30. The summed E-state index contributed by atoms with van der Waals surface area (Å²) in [7, 11) is 0. The molecule has 0 aliphatic rings. The minimum Gasteiger partial charge on any atom is -0.0776 e. The second-order valence-corrected chi connectivity index (χ2v) is 2.78. The minimum absolute atomic E-state index is 0. The zero-order valence-corrected chi connectivity index (χ0v) is 6.94. The Hall–Kier alpha value is -0.780. The third kappa shape index (κ3) is 2.38. The highest BCUT2D eigenvalue weighted by Crippen LogP contribution is 2.10. The molecule has 0 heterocycles. The van der Waals surface area contributed by atoms with Crippen molar-refractivity contribution in [2.75, 3.05) is 0 Å². The van der Waals surface area contributed by atoms with Crippen LogP contribution in [0.25, 0.3) is 0 Å². The van der Waals surface area contributed by atoms with Crippen molar-refractivity contribution < 1.29 is 0 Å². The van der Waals surface area contributed by atoms with E-state index >= 15 is 0 Å². The molecule has 0 aliphatic carbocycles. The molecule has 11 heavy (non-hydrogen) atoms. The topological polar surface area (TPSA) is 0 Å². The van der Waals surface area contributed by atoms with Crippen LogP contribution < -0.4 is 0 Å². The van der Waals surface area contributed by atoms with Gasteiger partial charge in [-0.3, -0.25) is 0 Å². The zero-order chi connectivity index (χ0) is 7.56. The quantitative estimate of drug-likeness (QED) is 0.574. The van der Waals surface area contributed by atoms with Crippen LogP contribution in [0, 0.1) is 13.8 Å². The third-order valence-electron chi connectivity index (χ3n) is 1.89. The largest absolute Gasteiger partial charge is 0.0776 e. The Bertz CT molecular complexity index is 223. The summed E-state index contributed by atoms with van der Waals surface area (Å²) in [6, 6.07) is 6.61. The molecule has 0 aliphatic heterocycles. The molecule has 0 spiro atoms. The molecule has 0 heteroatoms. The van der Waals surface area contributed by atoms with Crippen molar-refractivity contribution in [1.29, 1.82) is 0 Å². The summed E-state index contributed by atoms with van der Waals surface area (Å²) in [5.41, 5.74) is 4.25. The van der Waals surface area contributed by atoms with Gasteiger partial charge in [0.15, 0.2) is 0 Å². The SMILES string of the molecule is C.CCc1cc(C)ccc1C. The van der Waals surface area contributed by atoms with Gasteiger partial charge in [0, 0.05) is 0 Å². The van der Waals surface area contributed by atoms with Crippen molar-refractivity contribution >= 4 is 0 Å². The Balaban J connectivity index is 0.000001000. The molecule has 0 radical (unpaired) electrons. The van der Waals surface area contributed by atoms with Gasteiger partial charge in [0.1, 0.15) is 0 Å². The molecule has 0 bridgehead atoms. The van der Waals surface area contributed by atoms with Crippen molar-refractivity contribution in [3.63, 3.8) is 0 Å². The predicted molar refractivity (Wildman–Crippen MR) is 52.0 cm³/mol. The lowest BCUT2D eigenvalue weighted by Gasteiger charge is -2.02. The first-order chi connectivity index (χ1) is 4.74. The molecule has 1 rings (SSSR count). The Morgan fingerprint density at radius 2 is 1.82 bits per heavy atom. The molecule has 0 saturated carbocycles. The fourth-order valence-electron chi connectivity index (χ4n) is 1.18. The summed E-state index contributed by atoms with van der Waals surface area (Å²) in [5, 5.41) is 0. The Kier molecular flexibility index (Phi) is 3.88. The van der Waals surface area contributed by atoms with E-state index in [1.165, 1.54) is 16.7 Å². The molecule has 0 atom stereocenters. The molecular formula is C11H18. The van der Waals surface area contributed by atoms with Crippen LogP contribution in [-0.4, -0.2) is 0 Å². The van der Waals surface area contributed by atoms with Crippen LogP contribution in [0.1, 0.15) is 31.0 Å². The summed E-state index contributed by atoms with van der Waals surface area (Å²) in [6.45, 7) is 6.50. The second kappa shape index (κ2) is 4.17. The fourth-order valence-corrected chi connectivity index (χ4v) is 1.18. The van der Waals surface area contributed by atoms with E-state index in [2.05, 4.69) is 39.0 Å². The molecule has 1 aromatic carbocycles. The smallest absolute Gasteiger partial charge is 0.0305 e. The first-order valence-electron chi connectivity index (χ1n) is 3.80. The van der Waals surface area contributed by atoms with Crippen molar-refractivity contribution in [3.8, 4) is 0 Å². The van der Waals surface area contributed by atoms with E-state index in [-0.39, 0.29) is 7.43 Å². The monoisotopic (exact) mass is 150 g/mol. The zero-order valence-electron chi connectivity index (χ0n) is 6.94. The molecule has 0 N–H and O–H groups in total. The second-order valence-electron chi connectivity index (χ2n) is 2.78. The van der Waals surface area contributed by atoms with Crippen molar-refractivity contribution in [2.24, 2.45) is 0 Å². The average molecular weight is 150 g/mol. The van der Waals surface area contributed by atoms with E-state index in [0.29, 0.717) is 0 Å². The van der Waals surface area contributed by atoms with Gasteiger partial charge in [-0.1, -0.05) is 38.1 Å². The third-order valence-corrected chi connectivity index (χ3v) is 1.89. The van der Waals surface area contributed by atoms with Crippen LogP contribution in [0.15, 0.2) is 18.2 Å². The standard InChI is InChI=1S/C10H14.CH4/c1-4-10-7-8(2)5-6-9(10)3;/h5-7H,4H2,1-3H3;1H4. The summed E-state index contributed by atoms with van der Waals surface area (Å²) >= 11 is 0. The van der Waals surface area contributed by atoms with E-state index in [1.54, 1.807) is 0 Å². The van der Waals surface area contributed by atoms with Gasteiger partial charge in [-0.05, 0) is 31.4 Å². The molecular weight excluding hydrogens is 132 g/mol. The van der Waals surface area contributed by atoms with Gasteiger partial charge in [-0.25, -0.2) is 0 Å². The van der Waals surface area contributed by atoms with Gasteiger partial charge < -0.3 is 0 Å². The molecule has 0 nitrogen and oxygen atoms in total. The van der Waals surface area contributed by atoms with E-state index < -0.39 is 0 Å². The number of benzene rings is 1. The van der Waals surface area contributed by atoms with E-state index in [9.17, 15) is 0 Å². The van der Waals surface area contributed by atoms with E-state index in [0.717, 1.165) is 6.42 Å². The Labute approximate surface area is 70.3 Å². The number of hydrogen-bond acceptors (Lipinski definition) is 0. The van der Waals surface area contributed by atoms with Gasteiger partial charge in [-0.15, -0.1) is 0 Å². The van der Waals surface area contributed by atoms with Gasteiger partial charge in [-0.2, -0.15) is 0 Å². The molecule has 1 aromatic rings. The normalized spacial score (nSPS) is 9.00. The van der Waals surface area contributed by atoms with E-state index in [1.807, 2.05) is 0 Å². The summed E-state index contributed by atoms with van der Waals surface area (Å²) < 4.78 is 0. The lowest BCUT2D eigenvalue weighted by atomic mass is 10.0. The summed E-state index contributed by atoms with van der Waals surface area (Å²) in [6.07, 6.45) is 1.15. The molecule has 0 unspecified atom stereocenters. The fraction of sp³-hybridized carbons (Fsp3) is 0.455. The number of rotatable bonds is 1. The average Bonchev–Trinajstić information content (AvgIpc) is 1.94. The van der Waals surface area contributed by atoms with Crippen molar-refractivity contribution in [3.05, 3.63) is 34.9 Å². The van der Waals surface area contributed by atoms with E-state index in [4.69, 9.17) is 0 Å². The predicted octanol–water partition coefficient (Wildman–Crippen LogP) is 3.50. The highest BCUT2D eigenvalue weighted by atomic mass is 14.0. The number of aryl methyl sites for hydroxylation is 3. The van der Waals surface area contributed by atoms with Crippen LogP contribution in [0.2, 0.25) is 0 Å². The van der Waals surface area contributed by atoms with Crippen molar-refractivity contribution in [2.45, 2.75) is 34.6 Å². The van der Waals surface area contributed by atoms with Gasteiger partial charge in [0.2, 0.25) is 0 Å². The molecule has 0 saturated heterocycles. The van der Waals surface area contributed by atoms with Gasteiger partial charge in [0.25, 0.3) is 0 Å². The molecule has 0 amide bonds. The van der Waals surface area contributed by atoms with Gasteiger partial charge in [0.05, 0.1) is 0 Å². The maximum atomic E-state index is 2.26. The Morgan fingerprint density at radius 1 is 1.18 bits per heavy atom. The lowest BCUT2D eigenvalue weighted by Crippen LogP contribution is -1.86. The first-order valence-corrected chi connectivity index (χ1v) is 3.80. The maximum absolute atomic E-state index is 2.26. The van der Waals surface area contributed by atoms with Crippen LogP contribution in [-0.2, 0) is 6.42 Å². The molecule has 0 fully saturated rings. The van der Waals surface area contributed by atoms with Crippen LogP contribution >= 0.6 is 0 Å². The van der Waals surface area contributed by atoms with Crippen LogP contribution in [0.4, 0.5) is 0 Å². The molecule has 62 valence electrons. The first kappa shape index (κ1) is 10.2. The minimum atomic E-state index is 0. The van der Waals surface area contributed by atoms with Crippen LogP contribution in [0.3, 0.4) is 0 Å². The van der Waals surface area contributed by atoms with Gasteiger partial charge >= 0.3 is 0 Å². The Morgan fingerprint density at radius 3 is 2.27 bits per heavy atom. The number of hydrogen-bond donors (Lipinski definition) is 0. The summed E-state index contributed by atoms with van der Waals surface area (Å²) in [4.78, 5) is 0. The summed E-state index contributed by atoms with van der Waals surface area (Å²) in [5.74, 6) is 0.